The number of hydrogen-bond acceptors (Lipinski definition) is 6. The molecule has 3 aliphatic rings. The van der Waals surface area contributed by atoms with Crippen LogP contribution in [0.3, 0.4) is 0 Å². The highest BCUT2D eigenvalue weighted by Crippen LogP contribution is 2.71. The van der Waals surface area contributed by atoms with Crippen molar-refractivity contribution < 1.29 is 24.2 Å². The first-order valence-corrected chi connectivity index (χ1v) is 16.7. The van der Waals surface area contributed by atoms with E-state index in [4.69, 9.17) is 4.74 Å². The van der Waals surface area contributed by atoms with E-state index in [1.807, 2.05) is 36.1 Å². The maximum absolute atomic E-state index is 14.6. The number of nitrogens with zero attached hydrogens (tertiary/aromatic N) is 3. The summed E-state index contributed by atoms with van der Waals surface area (Å²) in [5, 5.41) is 9.48. The van der Waals surface area contributed by atoms with Crippen LogP contribution in [0.2, 0.25) is 0 Å². The summed E-state index contributed by atoms with van der Waals surface area (Å²) in [4.78, 5) is 48.9. The lowest BCUT2D eigenvalue weighted by molar-refractivity contribution is -0.143. The van der Waals surface area contributed by atoms with Crippen LogP contribution in [-0.4, -0.2) is 87.6 Å². The van der Waals surface area contributed by atoms with Crippen LogP contribution < -0.4 is 9.64 Å². The second-order valence-electron chi connectivity index (χ2n) is 12.1. The van der Waals surface area contributed by atoms with Crippen molar-refractivity contribution in [2.24, 2.45) is 11.8 Å². The summed E-state index contributed by atoms with van der Waals surface area (Å²) in [5.74, 6) is -0.696. The largest absolute Gasteiger partial charge is 0.494 e. The van der Waals surface area contributed by atoms with Gasteiger partial charge in [-0.1, -0.05) is 31.9 Å². The van der Waals surface area contributed by atoms with E-state index in [-0.39, 0.29) is 24.3 Å². The molecule has 3 amide bonds. The third kappa shape index (κ3) is 6.25. The Morgan fingerprint density at radius 2 is 1.79 bits per heavy atom. The molecule has 0 saturated carbocycles. The summed E-state index contributed by atoms with van der Waals surface area (Å²) in [7, 11) is 0. The molecule has 0 aromatic heterocycles. The number of anilines is 1. The van der Waals surface area contributed by atoms with E-state index < -0.39 is 27.4 Å². The summed E-state index contributed by atoms with van der Waals surface area (Å²) in [6.07, 6.45) is 9.04. The second kappa shape index (κ2) is 14.3. The van der Waals surface area contributed by atoms with Crippen LogP contribution >= 0.6 is 11.8 Å². The zero-order valence-corrected chi connectivity index (χ0v) is 26.9. The predicted octanol–water partition coefficient (Wildman–Crippen LogP) is 5.06. The molecule has 1 N–H and O–H groups in total. The minimum absolute atomic E-state index is 0.0291. The van der Waals surface area contributed by atoms with E-state index in [1.54, 1.807) is 33.7 Å². The number of likely N-dealkylation sites (tertiary alicyclic amines) is 1. The maximum atomic E-state index is 14.6. The monoisotopic (exact) mass is 611 g/mol. The molecule has 3 heterocycles. The van der Waals surface area contributed by atoms with Gasteiger partial charge in [0, 0.05) is 43.2 Å². The quantitative estimate of drug-likeness (QED) is 0.196. The zero-order chi connectivity index (χ0) is 31.2. The number of thioether (sulfide) groups is 1. The molecule has 236 valence electrons. The molecule has 3 saturated heterocycles. The minimum atomic E-state index is -0.675. The molecule has 0 radical (unpaired) electrons. The predicted molar refractivity (Wildman–Crippen MR) is 173 cm³/mol. The number of fused-ring (bicyclic) bond motifs is 1. The van der Waals surface area contributed by atoms with E-state index in [0.29, 0.717) is 52.0 Å². The average Bonchev–Trinajstić information content (AvgIpc) is 3.56. The van der Waals surface area contributed by atoms with Gasteiger partial charge < -0.3 is 24.5 Å². The third-order valence-corrected chi connectivity index (χ3v) is 11.3. The molecule has 5 atom stereocenters. The fraction of sp³-hybridized carbons (Fsp3) is 0.618. The van der Waals surface area contributed by atoms with Crippen LogP contribution in [0.25, 0.3) is 0 Å². The summed E-state index contributed by atoms with van der Waals surface area (Å²) in [6.45, 7) is 16.3. The number of benzene rings is 1. The highest BCUT2D eigenvalue weighted by Gasteiger charge is 2.77. The highest BCUT2D eigenvalue weighted by atomic mass is 32.2. The standard InChI is InChI=1S/C34H49N3O5S/c1-6-10-11-22-35(20-7-2)32(41)29-34-19-18-33(5,43-34)27(28(34)31(40)37(29)23-12-13-24-38)30(39)36(21-8-3)25-14-16-26(17-15-25)42-9-4/h7-8,14-17,27-29,38H,2-3,6,9-13,18-24H2,1,4-5H3/t27-,28-,29?,33+,34?/m0/s1. The second-order valence-corrected chi connectivity index (χ2v) is 14.0. The molecule has 1 aromatic rings. The molecule has 1 aromatic carbocycles. The first-order valence-electron chi connectivity index (χ1n) is 15.9. The number of aliphatic hydroxyl groups is 1. The summed E-state index contributed by atoms with van der Waals surface area (Å²) < 4.78 is 4.46. The highest BCUT2D eigenvalue weighted by molar-refractivity contribution is 8.02. The van der Waals surface area contributed by atoms with Gasteiger partial charge >= 0.3 is 0 Å². The average molecular weight is 612 g/mol. The smallest absolute Gasteiger partial charge is 0.247 e. The number of ether oxygens (including phenoxy) is 1. The van der Waals surface area contributed by atoms with Gasteiger partial charge in [-0.2, -0.15) is 0 Å². The molecule has 3 fully saturated rings. The molecule has 4 rings (SSSR count). The lowest BCUT2D eigenvalue weighted by Gasteiger charge is -2.38. The van der Waals surface area contributed by atoms with Crippen molar-refractivity contribution >= 4 is 35.2 Å². The SMILES string of the molecule is C=CCN(CCCCC)C(=O)C1N(CCCCO)C(=O)[C@@H]2[C@@H](C(=O)N(CC=C)c3ccc(OCC)cc3)[C@@]3(C)CCC12S3. The van der Waals surface area contributed by atoms with E-state index >= 15 is 0 Å². The van der Waals surface area contributed by atoms with Crippen LogP contribution in [0.5, 0.6) is 5.75 Å². The first kappa shape index (κ1) is 33.1. The van der Waals surface area contributed by atoms with Crippen LogP contribution in [-0.2, 0) is 14.4 Å². The van der Waals surface area contributed by atoms with E-state index in [1.165, 1.54) is 0 Å². The molecule has 2 unspecified atom stereocenters. The molecule has 8 nitrogen and oxygen atoms in total. The summed E-state index contributed by atoms with van der Waals surface area (Å²) in [6, 6.07) is 6.81. The topological polar surface area (TPSA) is 90.4 Å². The zero-order valence-electron chi connectivity index (χ0n) is 26.1. The van der Waals surface area contributed by atoms with Crippen LogP contribution in [0.4, 0.5) is 5.69 Å². The normalized spacial score (nSPS) is 27.2. The Kier molecular flexibility index (Phi) is 11.0. The van der Waals surface area contributed by atoms with Gasteiger partial charge in [0.1, 0.15) is 11.8 Å². The van der Waals surface area contributed by atoms with Crippen LogP contribution in [0, 0.1) is 11.8 Å². The number of unbranched alkanes of at least 4 members (excludes halogenated alkanes) is 3. The number of rotatable bonds is 17. The van der Waals surface area contributed by atoms with Gasteiger partial charge in [-0.25, -0.2) is 0 Å². The van der Waals surface area contributed by atoms with Gasteiger partial charge in [0.25, 0.3) is 0 Å². The minimum Gasteiger partial charge on any atom is -0.494 e. The van der Waals surface area contributed by atoms with Gasteiger partial charge in [0.2, 0.25) is 17.7 Å². The van der Waals surface area contributed by atoms with E-state index in [2.05, 4.69) is 27.0 Å². The van der Waals surface area contributed by atoms with Crippen molar-refractivity contribution in [3.05, 3.63) is 49.6 Å². The van der Waals surface area contributed by atoms with Crippen molar-refractivity contribution in [3.63, 3.8) is 0 Å². The summed E-state index contributed by atoms with van der Waals surface area (Å²) in [5.41, 5.74) is 0.727. The van der Waals surface area contributed by atoms with E-state index in [0.717, 1.165) is 37.1 Å². The van der Waals surface area contributed by atoms with Gasteiger partial charge in [-0.05, 0) is 70.2 Å². The number of hydrogen-bond donors (Lipinski definition) is 1. The molecule has 43 heavy (non-hydrogen) atoms. The Labute approximate surface area is 261 Å². The Morgan fingerprint density at radius 1 is 1.07 bits per heavy atom. The summed E-state index contributed by atoms with van der Waals surface area (Å²) >= 11 is 1.70. The van der Waals surface area contributed by atoms with Gasteiger partial charge in [-0.15, -0.1) is 24.9 Å². The fourth-order valence-corrected chi connectivity index (χ4v) is 9.74. The lowest BCUT2D eigenvalue weighted by atomic mass is 9.66. The van der Waals surface area contributed by atoms with Gasteiger partial charge in [0.15, 0.2) is 0 Å². The van der Waals surface area contributed by atoms with E-state index in [9.17, 15) is 19.5 Å². The molecule has 1 spiro atoms. The lowest BCUT2D eigenvalue weighted by Crippen LogP contribution is -2.55. The third-order valence-electron chi connectivity index (χ3n) is 9.31. The van der Waals surface area contributed by atoms with Gasteiger partial charge in [0.05, 0.1) is 23.2 Å². The Morgan fingerprint density at radius 3 is 2.42 bits per heavy atom. The number of aliphatic hydroxyl groups excluding tert-OH is 1. The van der Waals surface area contributed by atoms with Crippen LogP contribution in [0.1, 0.15) is 65.7 Å². The maximum Gasteiger partial charge on any atom is 0.247 e. The number of carbonyl (C=O) groups excluding carboxylic acids is 3. The molecule has 3 aliphatic heterocycles. The Bertz CT molecular complexity index is 1180. The van der Waals surface area contributed by atoms with Crippen molar-refractivity contribution in [1.29, 1.82) is 0 Å². The fourth-order valence-electron chi connectivity index (χ4n) is 7.40. The molecule has 0 aliphatic carbocycles. The van der Waals surface area contributed by atoms with Gasteiger partial charge in [-0.3, -0.25) is 14.4 Å². The van der Waals surface area contributed by atoms with Crippen molar-refractivity contribution in [1.82, 2.24) is 9.80 Å². The molecule has 9 heteroatoms. The molecular weight excluding hydrogens is 562 g/mol. The molecule has 2 bridgehead atoms. The van der Waals surface area contributed by atoms with Crippen molar-refractivity contribution in [2.45, 2.75) is 81.3 Å². The first-order chi connectivity index (χ1) is 20.7. The Balaban J connectivity index is 1.72. The van der Waals surface area contributed by atoms with Crippen molar-refractivity contribution in [2.75, 3.05) is 44.3 Å². The number of carbonyl (C=O) groups is 3. The molecular formula is C34H49N3O5S. The Hall–Kier alpha value is -2.78. The van der Waals surface area contributed by atoms with Crippen LogP contribution in [0.15, 0.2) is 49.6 Å². The number of amides is 3. The van der Waals surface area contributed by atoms with Crippen molar-refractivity contribution in [3.8, 4) is 5.75 Å².